The first kappa shape index (κ1) is 24.7. The van der Waals surface area contributed by atoms with Gasteiger partial charge < -0.3 is 19.8 Å². The first-order valence-electron chi connectivity index (χ1n) is 10.9. The standard InChI is InChI=1S/C25H24ClN3O5S/c26-18-9-10-22(23(17-18)34-19-5-2-1-3-6-19)33-16-15-27-13-14-29-35(31,32)24-8-4-7-21-20(24)11-12-28-25(21)30/h1-12,17,27,29H,13-16H2,(H,28,30). The molecule has 4 rings (SSSR count). The summed E-state index contributed by atoms with van der Waals surface area (Å²) in [5.41, 5.74) is -0.334. The summed E-state index contributed by atoms with van der Waals surface area (Å²) in [7, 11) is -3.78. The molecule has 0 bridgehead atoms. The highest BCUT2D eigenvalue weighted by molar-refractivity contribution is 7.89. The van der Waals surface area contributed by atoms with Gasteiger partial charge in [0.05, 0.1) is 4.90 Å². The third kappa shape index (κ3) is 6.40. The second-order valence-electron chi connectivity index (χ2n) is 7.53. The number of para-hydroxylation sites is 1. The van der Waals surface area contributed by atoms with Crippen LogP contribution in [0.1, 0.15) is 0 Å². The van der Waals surface area contributed by atoms with Crippen LogP contribution >= 0.6 is 11.6 Å². The summed E-state index contributed by atoms with van der Waals surface area (Å²) < 4.78 is 39.8. The van der Waals surface area contributed by atoms with Gasteiger partial charge in [0.2, 0.25) is 10.0 Å². The average Bonchev–Trinajstić information content (AvgIpc) is 2.85. The van der Waals surface area contributed by atoms with Crippen LogP contribution in [0.2, 0.25) is 5.02 Å². The molecule has 10 heteroatoms. The second-order valence-corrected chi connectivity index (χ2v) is 9.70. The van der Waals surface area contributed by atoms with E-state index in [0.29, 0.717) is 52.7 Å². The Hall–Kier alpha value is -3.37. The predicted molar refractivity (Wildman–Crippen MR) is 136 cm³/mol. The zero-order valence-electron chi connectivity index (χ0n) is 18.7. The van der Waals surface area contributed by atoms with Crippen LogP contribution < -0.4 is 25.1 Å². The van der Waals surface area contributed by atoms with E-state index in [-0.39, 0.29) is 17.0 Å². The molecule has 0 aliphatic heterocycles. The molecule has 0 aliphatic carbocycles. The van der Waals surface area contributed by atoms with Gasteiger partial charge in [0.25, 0.3) is 5.56 Å². The SMILES string of the molecule is O=c1[nH]ccc2c(S(=O)(=O)NCCNCCOc3ccc(Cl)cc3Oc3ccccc3)cccc12. The van der Waals surface area contributed by atoms with Crippen LogP contribution in [0.4, 0.5) is 0 Å². The van der Waals surface area contributed by atoms with Crippen molar-refractivity contribution in [2.75, 3.05) is 26.2 Å². The number of ether oxygens (including phenoxy) is 2. The zero-order chi connectivity index (χ0) is 24.7. The number of halogens is 1. The molecule has 4 aromatic rings. The third-order valence-electron chi connectivity index (χ3n) is 5.07. The van der Waals surface area contributed by atoms with Crippen molar-refractivity contribution in [3.05, 3.63) is 94.4 Å². The molecule has 182 valence electrons. The van der Waals surface area contributed by atoms with Gasteiger partial charge in [0, 0.05) is 47.7 Å². The molecule has 3 N–H and O–H groups in total. The lowest BCUT2D eigenvalue weighted by atomic mass is 10.2. The Balaban J connectivity index is 1.26. The molecule has 0 amide bonds. The summed E-state index contributed by atoms with van der Waals surface area (Å²) in [5.74, 6) is 1.72. The topological polar surface area (TPSA) is 110 Å². The first-order chi connectivity index (χ1) is 16.9. The molecule has 0 radical (unpaired) electrons. The molecule has 3 aromatic carbocycles. The average molecular weight is 514 g/mol. The number of hydrogen-bond donors (Lipinski definition) is 3. The number of fused-ring (bicyclic) bond motifs is 1. The molecule has 35 heavy (non-hydrogen) atoms. The molecule has 0 saturated heterocycles. The summed E-state index contributed by atoms with van der Waals surface area (Å²) in [5, 5.41) is 4.36. The molecule has 0 fully saturated rings. The Morgan fingerprint density at radius 3 is 2.51 bits per heavy atom. The molecular weight excluding hydrogens is 490 g/mol. The fourth-order valence-electron chi connectivity index (χ4n) is 3.43. The molecule has 0 saturated carbocycles. The minimum Gasteiger partial charge on any atom is -0.488 e. The van der Waals surface area contributed by atoms with E-state index >= 15 is 0 Å². The predicted octanol–water partition coefficient (Wildman–Crippen LogP) is 3.92. The monoisotopic (exact) mass is 513 g/mol. The maximum atomic E-state index is 12.7. The number of aromatic amines is 1. The maximum absolute atomic E-state index is 12.7. The maximum Gasteiger partial charge on any atom is 0.255 e. The lowest BCUT2D eigenvalue weighted by Crippen LogP contribution is -2.33. The number of H-pyrrole nitrogens is 1. The number of hydrogen-bond acceptors (Lipinski definition) is 6. The van der Waals surface area contributed by atoms with Crippen molar-refractivity contribution in [2.24, 2.45) is 0 Å². The van der Waals surface area contributed by atoms with Crippen LogP contribution in [0.3, 0.4) is 0 Å². The van der Waals surface area contributed by atoms with Crippen molar-refractivity contribution in [3.63, 3.8) is 0 Å². The Labute approximate surface area is 207 Å². The normalized spacial score (nSPS) is 11.5. The Bertz CT molecular complexity index is 1460. The summed E-state index contributed by atoms with van der Waals surface area (Å²) in [6, 6.07) is 20.7. The summed E-state index contributed by atoms with van der Waals surface area (Å²) in [4.78, 5) is 14.6. The van der Waals surface area contributed by atoms with Crippen LogP contribution in [-0.2, 0) is 10.0 Å². The van der Waals surface area contributed by atoms with E-state index in [1.54, 1.807) is 36.4 Å². The molecular formula is C25H24ClN3O5S. The van der Waals surface area contributed by atoms with Crippen LogP contribution in [0.25, 0.3) is 10.8 Å². The highest BCUT2D eigenvalue weighted by Crippen LogP contribution is 2.34. The van der Waals surface area contributed by atoms with E-state index in [9.17, 15) is 13.2 Å². The van der Waals surface area contributed by atoms with Crippen molar-refractivity contribution < 1.29 is 17.9 Å². The Morgan fingerprint density at radius 1 is 0.857 bits per heavy atom. The number of aromatic nitrogens is 1. The quantitative estimate of drug-likeness (QED) is 0.262. The number of pyridine rings is 1. The lowest BCUT2D eigenvalue weighted by Gasteiger charge is -2.13. The molecule has 0 aliphatic rings. The number of benzene rings is 3. The fraction of sp³-hybridized carbons (Fsp3) is 0.160. The smallest absolute Gasteiger partial charge is 0.255 e. The molecule has 0 unspecified atom stereocenters. The highest BCUT2D eigenvalue weighted by atomic mass is 35.5. The first-order valence-corrected chi connectivity index (χ1v) is 12.8. The number of rotatable bonds is 11. The Morgan fingerprint density at radius 2 is 1.69 bits per heavy atom. The van der Waals surface area contributed by atoms with Crippen molar-refractivity contribution in [3.8, 4) is 17.2 Å². The van der Waals surface area contributed by atoms with Gasteiger partial charge in [0.1, 0.15) is 12.4 Å². The van der Waals surface area contributed by atoms with Crippen molar-refractivity contribution in [1.29, 1.82) is 0 Å². The summed E-state index contributed by atoms with van der Waals surface area (Å²) in [6.07, 6.45) is 1.43. The van der Waals surface area contributed by atoms with Crippen molar-refractivity contribution >= 4 is 32.4 Å². The van der Waals surface area contributed by atoms with E-state index in [1.807, 2.05) is 30.3 Å². The van der Waals surface area contributed by atoms with Gasteiger partial charge in [-0.25, -0.2) is 13.1 Å². The fourth-order valence-corrected chi connectivity index (χ4v) is 4.85. The van der Waals surface area contributed by atoms with Gasteiger partial charge in [-0.05, 0) is 42.5 Å². The van der Waals surface area contributed by atoms with Crippen LogP contribution in [-0.4, -0.2) is 39.6 Å². The van der Waals surface area contributed by atoms with Gasteiger partial charge in [-0.3, -0.25) is 4.79 Å². The third-order valence-corrected chi connectivity index (χ3v) is 6.83. The van der Waals surface area contributed by atoms with Crippen LogP contribution in [0.15, 0.2) is 88.7 Å². The van der Waals surface area contributed by atoms with Gasteiger partial charge in [0.15, 0.2) is 11.5 Å². The largest absolute Gasteiger partial charge is 0.488 e. The summed E-state index contributed by atoms with van der Waals surface area (Å²) >= 11 is 6.10. The van der Waals surface area contributed by atoms with Crippen LogP contribution in [0.5, 0.6) is 17.2 Å². The Kier molecular flexibility index (Phi) is 8.04. The second kappa shape index (κ2) is 11.4. The van der Waals surface area contributed by atoms with E-state index in [2.05, 4.69) is 15.0 Å². The molecule has 0 atom stereocenters. The van der Waals surface area contributed by atoms with Crippen molar-refractivity contribution in [1.82, 2.24) is 15.0 Å². The van der Waals surface area contributed by atoms with E-state index < -0.39 is 10.0 Å². The molecule has 1 heterocycles. The van der Waals surface area contributed by atoms with E-state index in [1.165, 1.54) is 12.3 Å². The highest BCUT2D eigenvalue weighted by Gasteiger charge is 2.17. The van der Waals surface area contributed by atoms with E-state index in [4.69, 9.17) is 21.1 Å². The van der Waals surface area contributed by atoms with Crippen molar-refractivity contribution in [2.45, 2.75) is 4.90 Å². The zero-order valence-corrected chi connectivity index (χ0v) is 20.2. The van der Waals surface area contributed by atoms with Gasteiger partial charge in [-0.2, -0.15) is 0 Å². The van der Waals surface area contributed by atoms with Gasteiger partial charge in [-0.15, -0.1) is 0 Å². The van der Waals surface area contributed by atoms with Gasteiger partial charge in [-0.1, -0.05) is 35.9 Å². The van der Waals surface area contributed by atoms with E-state index in [0.717, 1.165) is 0 Å². The number of nitrogens with one attached hydrogen (secondary N) is 3. The minimum atomic E-state index is -3.78. The molecule has 0 spiro atoms. The lowest BCUT2D eigenvalue weighted by molar-refractivity contribution is 0.300. The number of sulfonamides is 1. The molecule has 1 aromatic heterocycles. The van der Waals surface area contributed by atoms with Gasteiger partial charge >= 0.3 is 0 Å². The summed E-state index contributed by atoms with van der Waals surface area (Å²) in [6.45, 7) is 1.39. The minimum absolute atomic E-state index is 0.0677. The van der Waals surface area contributed by atoms with Crippen LogP contribution in [0, 0.1) is 0 Å². The molecule has 8 nitrogen and oxygen atoms in total.